The fourth-order valence-corrected chi connectivity index (χ4v) is 0.851. The maximum Gasteiger partial charge on any atom is 0.255 e. The summed E-state index contributed by atoms with van der Waals surface area (Å²) in [5.41, 5.74) is 6.06. The minimum atomic E-state index is -0.235. The molecule has 0 fully saturated rings. The molecular formula is C7H10N4O. The fraction of sp³-hybridized carbons (Fsp3) is 0.143. The maximum absolute atomic E-state index is 9.25. The maximum atomic E-state index is 9.25. The van der Waals surface area contributed by atoms with E-state index >= 15 is 0 Å². The molecule has 0 aliphatic rings. The van der Waals surface area contributed by atoms with Crippen molar-refractivity contribution in [2.45, 2.75) is 6.42 Å². The topological polar surface area (TPSA) is 87.9 Å². The monoisotopic (exact) mass is 166 g/mol. The van der Waals surface area contributed by atoms with E-state index in [1.165, 1.54) is 6.20 Å². The summed E-state index contributed by atoms with van der Waals surface area (Å²) in [6, 6.07) is 0. The van der Waals surface area contributed by atoms with Crippen molar-refractivity contribution in [1.82, 2.24) is 9.71 Å². The van der Waals surface area contributed by atoms with Crippen LogP contribution >= 0.6 is 0 Å². The van der Waals surface area contributed by atoms with Crippen molar-refractivity contribution in [2.75, 3.05) is 5.73 Å². The number of rotatable bonds is 2. The highest BCUT2D eigenvalue weighted by Gasteiger charge is 2.03. The third kappa shape index (κ3) is 1.29. The molecule has 0 spiro atoms. The zero-order chi connectivity index (χ0) is 9.14. The van der Waals surface area contributed by atoms with E-state index in [0.29, 0.717) is 22.5 Å². The first kappa shape index (κ1) is 8.32. The first-order chi connectivity index (χ1) is 5.66. The SMILES string of the molecule is C=CCc1c(N)cnc(=N)n1O. The minimum absolute atomic E-state index is 0.235. The molecule has 0 amide bonds. The Balaban J connectivity index is 3.32. The largest absolute Gasteiger partial charge is 0.425 e. The Morgan fingerprint density at radius 3 is 3.08 bits per heavy atom. The van der Waals surface area contributed by atoms with E-state index in [-0.39, 0.29) is 5.62 Å². The average molecular weight is 166 g/mol. The van der Waals surface area contributed by atoms with Crippen LogP contribution in [-0.2, 0) is 6.42 Å². The number of hydrogen-bond donors (Lipinski definition) is 3. The Morgan fingerprint density at radius 1 is 1.83 bits per heavy atom. The summed E-state index contributed by atoms with van der Waals surface area (Å²) in [5.74, 6) is 0. The lowest BCUT2D eigenvalue weighted by Gasteiger charge is -2.06. The average Bonchev–Trinajstić information content (AvgIpc) is 2.06. The highest BCUT2D eigenvalue weighted by Crippen LogP contribution is 2.06. The number of nitrogens with two attached hydrogens (primary N) is 1. The van der Waals surface area contributed by atoms with E-state index < -0.39 is 0 Å². The molecule has 12 heavy (non-hydrogen) atoms. The summed E-state index contributed by atoms with van der Waals surface area (Å²) >= 11 is 0. The van der Waals surface area contributed by atoms with Gasteiger partial charge in [0.05, 0.1) is 17.6 Å². The van der Waals surface area contributed by atoms with Gasteiger partial charge in [-0.15, -0.1) is 6.58 Å². The molecule has 0 atom stereocenters. The van der Waals surface area contributed by atoms with E-state index in [0.717, 1.165) is 0 Å². The number of nitrogen functional groups attached to an aromatic ring is 1. The molecule has 0 aromatic carbocycles. The fourth-order valence-electron chi connectivity index (χ4n) is 0.851. The molecule has 0 aliphatic heterocycles. The molecule has 4 N–H and O–H groups in total. The van der Waals surface area contributed by atoms with Crippen molar-refractivity contribution in [1.29, 1.82) is 5.41 Å². The van der Waals surface area contributed by atoms with Crippen molar-refractivity contribution in [3.8, 4) is 0 Å². The van der Waals surface area contributed by atoms with Gasteiger partial charge in [-0.1, -0.05) is 6.08 Å². The van der Waals surface area contributed by atoms with Crippen LogP contribution in [-0.4, -0.2) is 14.9 Å². The van der Waals surface area contributed by atoms with Gasteiger partial charge in [0, 0.05) is 6.42 Å². The van der Waals surface area contributed by atoms with Crippen LogP contribution in [0.25, 0.3) is 0 Å². The summed E-state index contributed by atoms with van der Waals surface area (Å²) in [7, 11) is 0. The molecule has 0 saturated heterocycles. The van der Waals surface area contributed by atoms with Crippen molar-refractivity contribution in [3.63, 3.8) is 0 Å². The number of aromatic nitrogens is 2. The van der Waals surface area contributed by atoms with Gasteiger partial charge in [0.15, 0.2) is 0 Å². The minimum Gasteiger partial charge on any atom is -0.425 e. The van der Waals surface area contributed by atoms with E-state index in [9.17, 15) is 5.21 Å². The molecule has 1 heterocycles. The van der Waals surface area contributed by atoms with Gasteiger partial charge in [-0.3, -0.25) is 5.41 Å². The molecule has 0 bridgehead atoms. The lowest BCUT2D eigenvalue weighted by Crippen LogP contribution is -2.25. The molecule has 0 radical (unpaired) electrons. The van der Waals surface area contributed by atoms with E-state index in [1.54, 1.807) is 6.08 Å². The Bertz CT molecular complexity index is 355. The van der Waals surface area contributed by atoms with Crippen LogP contribution < -0.4 is 11.4 Å². The van der Waals surface area contributed by atoms with Crippen LogP contribution in [0, 0.1) is 5.41 Å². The summed E-state index contributed by atoms with van der Waals surface area (Å²) in [6.07, 6.45) is 3.35. The predicted octanol–water partition coefficient (Wildman–Crippen LogP) is -0.0894. The zero-order valence-corrected chi connectivity index (χ0v) is 6.49. The number of nitrogens with one attached hydrogen (secondary N) is 1. The van der Waals surface area contributed by atoms with E-state index in [1.807, 2.05) is 0 Å². The Kier molecular flexibility index (Phi) is 2.14. The van der Waals surface area contributed by atoms with Crippen LogP contribution in [0.3, 0.4) is 0 Å². The molecular weight excluding hydrogens is 156 g/mol. The van der Waals surface area contributed by atoms with Crippen molar-refractivity contribution >= 4 is 5.69 Å². The molecule has 0 unspecified atom stereocenters. The van der Waals surface area contributed by atoms with Crippen LogP contribution in [0.4, 0.5) is 5.69 Å². The number of hydrogen-bond acceptors (Lipinski definition) is 4. The Morgan fingerprint density at radius 2 is 2.50 bits per heavy atom. The first-order valence-corrected chi connectivity index (χ1v) is 3.38. The van der Waals surface area contributed by atoms with Crippen LogP contribution in [0.15, 0.2) is 18.9 Å². The highest BCUT2D eigenvalue weighted by molar-refractivity contribution is 5.40. The predicted molar refractivity (Wildman–Crippen MR) is 43.6 cm³/mol. The second kappa shape index (κ2) is 3.08. The Hall–Kier alpha value is -1.78. The molecule has 1 aromatic rings. The smallest absolute Gasteiger partial charge is 0.255 e. The summed E-state index contributed by atoms with van der Waals surface area (Å²) in [5, 5.41) is 16.4. The van der Waals surface area contributed by atoms with Gasteiger partial charge in [0.2, 0.25) is 0 Å². The van der Waals surface area contributed by atoms with Crippen LogP contribution in [0.5, 0.6) is 0 Å². The number of allylic oxidation sites excluding steroid dienone is 1. The number of anilines is 1. The van der Waals surface area contributed by atoms with Gasteiger partial charge >= 0.3 is 0 Å². The second-order valence-electron chi connectivity index (χ2n) is 2.29. The van der Waals surface area contributed by atoms with Crippen molar-refractivity contribution in [3.05, 3.63) is 30.2 Å². The van der Waals surface area contributed by atoms with Crippen molar-refractivity contribution in [2.24, 2.45) is 0 Å². The quantitative estimate of drug-likeness (QED) is 0.424. The van der Waals surface area contributed by atoms with Gasteiger partial charge in [-0.25, -0.2) is 4.98 Å². The summed E-state index contributed by atoms with van der Waals surface area (Å²) in [4.78, 5) is 3.54. The number of nitrogens with zero attached hydrogens (tertiary/aromatic N) is 2. The molecule has 0 aliphatic carbocycles. The van der Waals surface area contributed by atoms with Gasteiger partial charge in [-0.2, -0.15) is 4.73 Å². The molecule has 1 rings (SSSR count). The standard InChI is InChI=1S/C7H10N4O/c1-2-3-6-5(8)4-10-7(9)11(6)12/h2,4,9,12H,1,3,8H2. The second-order valence-corrected chi connectivity index (χ2v) is 2.29. The van der Waals surface area contributed by atoms with Gasteiger partial charge in [0.25, 0.3) is 5.62 Å². The lowest BCUT2D eigenvalue weighted by atomic mass is 10.2. The van der Waals surface area contributed by atoms with E-state index in [2.05, 4.69) is 11.6 Å². The van der Waals surface area contributed by atoms with Crippen LogP contribution in [0.1, 0.15) is 5.69 Å². The van der Waals surface area contributed by atoms with Gasteiger partial charge in [-0.05, 0) is 0 Å². The van der Waals surface area contributed by atoms with Gasteiger partial charge in [0.1, 0.15) is 0 Å². The Labute approximate surface area is 69.3 Å². The normalized spacial score (nSPS) is 9.67. The van der Waals surface area contributed by atoms with Crippen LogP contribution in [0.2, 0.25) is 0 Å². The third-order valence-electron chi connectivity index (χ3n) is 1.45. The third-order valence-corrected chi connectivity index (χ3v) is 1.45. The first-order valence-electron chi connectivity index (χ1n) is 3.38. The molecule has 5 nitrogen and oxygen atoms in total. The summed E-state index contributed by atoms with van der Waals surface area (Å²) in [6.45, 7) is 3.51. The van der Waals surface area contributed by atoms with E-state index in [4.69, 9.17) is 11.1 Å². The molecule has 5 heteroatoms. The lowest BCUT2D eigenvalue weighted by molar-refractivity contribution is 0.157. The summed E-state index contributed by atoms with van der Waals surface area (Å²) < 4.78 is 0.650. The zero-order valence-electron chi connectivity index (χ0n) is 6.49. The molecule has 0 saturated carbocycles. The highest BCUT2D eigenvalue weighted by atomic mass is 16.5. The van der Waals surface area contributed by atoms with Gasteiger partial charge < -0.3 is 10.9 Å². The molecule has 64 valence electrons. The van der Waals surface area contributed by atoms with Crippen molar-refractivity contribution < 1.29 is 5.21 Å². The molecule has 1 aromatic heterocycles.